The van der Waals surface area contributed by atoms with Gasteiger partial charge in [0.1, 0.15) is 0 Å². The van der Waals surface area contributed by atoms with Gasteiger partial charge in [-0.3, -0.25) is 14.9 Å². The highest BCUT2D eigenvalue weighted by molar-refractivity contribution is 7.99. The van der Waals surface area contributed by atoms with Gasteiger partial charge in [0.05, 0.1) is 11.1 Å². The first-order valence-corrected chi connectivity index (χ1v) is 5.84. The first-order chi connectivity index (χ1) is 7.24. The number of hydrogen-bond acceptors (Lipinski definition) is 3. The second-order valence-corrected chi connectivity index (χ2v) is 4.45. The third-order valence-electron chi connectivity index (χ3n) is 2.19. The normalized spacial score (nSPS) is 13.9. The Balaban J connectivity index is 2.41. The summed E-state index contributed by atoms with van der Waals surface area (Å²) in [7, 11) is 0. The first kappa shape index (κ1) is 10.2. The first-order valence-electron chi connectivity index (χ1n) is 4.85. The summed E-state index contributed by atoms with van der Waals surface area (Å²) >= 11 is 1.62. The van der Waals surface area contributed by atoms with Gasteiger partial charge in [-0.1, -0.05) is 13.0 Å². The van der Waals surface area contributed by atoms with Crippen molar-refractivity contribution in [3.05, 3.63) is 29.3 Å². The molecule has 1 aromatic carbocycles. The van der Waals surface area contributed by atoms with Crippen LogP contribution in [0.5, 0.6) is 0 Å². The molecule has 0 saturated heterocycles. The zero-order chi connectivity index (χ0) is 10.8. The van der Waals surface area contributed by atoms with Crippen LogP contribution >= 0.6 is 11.8 Å². The number of carbonyl (C=O) groups is 2. The van der Waals surface area contributed by atoms with E-state index < -0.39 is 0 Å². The topological polar surface area (TPSA) is 46.2 Å². The van der Waals surface area contributed by atoms with Crippen molar-refractivity contribution in [3.8, 4) is 0 Å². The fourth-order valence-electron chi connectivity index (χ4n) is 1.52. The fraction of sp³-hybridized carbons (Fsp3) is 0.273. The number of imide groups is 1. The number of amides is 2. The lowest BCUT2D eigenvalue weighted by Crippen LogP contribution is -2.20. The molecule has 2 amide bonds. The zero-order valence-electron chi connectivity index (χ0n) is 8.37. The van der Waals surface area contributed by atoms with Crippen LogP contribution in [0.3, 0.4) is 0 Å². The highest BCUT2D eigenvalue weighted by Crippen LogP contribution is 2.28. The lowest BCUT2D eigenvalue weighted by molar-refractivity contribution is 0.0879. The molecular formula is C11H11NO2S. The van der Waals surface area contributed by atoms with Gasteiger partial charge in [-0.25, -0.2) is 0 Å². The minimum atomic E-state index is -0.283. The molecule has 15 heavy (non-hydrogen) atoms. The molecule has 1 aromatic rings. The van der Waals surface area contributed by atoms with Crippen molar-refractivity contribution in [2.24, 2.45) is 0 Å². The summed E-state index contributed by atoms with van der Waals surface area (Å²) in [5.41, 5.74) is 1.04. The van der Waals surface area contributed by atoms with Gasteiger partial charge in [-0.2, -0.15) is 0 Å². The summed E-state index contributed by atoms with van der Waals surface area (Å²) in [5.74, 6) is 0.404. The van der Waals surface area contributed by atoms with Gasteiger partial charge in [-0.15, -0.1) is 11.8 Å². The fourth-order valence-corrected chi connectivity index (χ4v) is 2.47. The van der Waals surface area contributed by atoms with Crippen LogP contribution in [0, 0.1) is 0 Å². The van der Waals surface area contributed by atoms with Crippen molar-refractivity contribution in [3.63, 3.8) is 0 Å². The van der Waals surface area contributed by atoms with Crippen molar-refractivity contribution < 1.29 is 9.59 Å². The quantitative estimate of drug-likeness (QED) is 0.628. The van der Waals surface area contributed by atoms with Crippen molar-refractivity contribution in [2.75, 3.05) is 5.75 Å². The standard InChI is InChI=1S/C11H11NO2S/c1-2-6-15-8-5-3-4-7-9(8)11(14)12-10(7)13/h3-5H,2,6H2,1H3,(H,12,13,14). The molecule has 4 heteroatoms. The minimum Gasteiger partial charge on any atom is -0.288 e. The number of hydrogen-bond donors (Lipinski definition) is 1. The maximum Gasteiger partial charge on any atom is 0.260 e. The van der Waals surface area contributed by atoms with Gasteiger partial charge in [0.25, 0.3) is 11.8 Å². The number of carbonyl (C=O) groups excluding carboxylic acids is 2. The van der Waals surface area contributed by atoms with E-state index in [2.05, 4.69) is 12.2 Å². The average molecular weight is 221 g/mol. The number of fused-ring (bicyclic) bond motifs is 1. The van der Waals surface area contributed by atoms with Crippen LogP contribution in [0.4, 0.5) is 0 Å². The van der Waals surface area contributed by atoms with E-state index in [-0.39, 0.29) is 11.8 Å². The van der Waals surface area contributed by atoms with Crippen LogP contribution in [0.2, 0.25) is 0 Å². The van der Waals surface area contributed by atoms with Crippen molar-refractivity contribution in [1.29, 1.82) is 0 Å². The molecule has 0 atom stereocenters. The zero-order valence-corrected chi connectivity index (χ0v) is 9.19. The van der Waals surface area contributed by atoms with Crippen LogP contribution in [-0.2, 0) is 0 Å². The Morgan fingerprint density at radius 1 is 1.27 bits per heavy atom. The van der Waals surface area contributed by atoms with Crippen LogP contribution < -0.4 is 5.32 Å². The molecular weight excluding hydrogens is 210 g/mol. The summed E-state index contributed by atoms with van der Waals surface area (Å²) in [6.45, 7) is 2.08. The van der Waals surface area contributed by atoms with E-state index in [0.29, 0.717) is 11.1 Å². The van der Waals surface area contributed by atoms with E-state index in [1.54, 1.807) is 17.8 Å². The van der Waals surface area contributed by atoms with E-state index in [0.717, 1.165) is 17.1 Å². The van der Waals surface area contributed by atoms with Crippen LogP contribution in [-0.4, -0.2) is 17.6 Å². The highest BCUT2D eigenvalue weighted by Gasteiger charge is 2.28. The van der Waals surface area contributed by atoms with Gasteiger partial charge >= 0.3 is 0 Å². The van der Waals surface area contributed by atoms with Crippen molar-refractivity contribution >= 4 is 23.6 Å². The largest absolute Gasteiger partial charge is 0.288 e. The molecule has 1 aliphatic heterocycles. The highest BCUT2D eigenvalue weighted by atomic mass is 32.2. The molecule has 0 fully saturated rings. The molecule has 0 unspecified atom stereocenters. The second-order valence-electron chi connectivity index (χ2n) is 3.31. The van der Waals surface area contributed by atoms with E-state index >= 15 is 0 Å². The van der Waals surface area contributed by atoms with Gasteiger partial charge in [0, 0.05) is 4.90 Å². The Morgan fingerprint density at radius 2 is 2.07 bits per heavy atom. The second kappa shape index (κ2) is 4.06. The predicted molar refractivity (Wildman–Crippen MR) is 59.3 cm³/mol. The molecule has 2 rings (SSSR count). The third kappa shape index (κ3) is 1.77. The molecule has 1 aliphatic rings. The van der Waals surface area contributed by atoms with Gasteiger partial charge in [0.2, 0.25) is 0 Å². The van der Waals surface area contributed by atoms with Crippen molar-refractivity contribution in [2.45, 2.75) is 18.2 Å². The predicted octanol–water partition coefficient (Wildman–Crippen LogP) is 2.07. The van der Waals surface area contributed by atoms with Crippen LogP contribution in [0.15, 0.2) is 23.1 Å². The number of benzene rings is 1. The summed E-state index contributed by atoms with van der Waals surface area (Å²) in [6, 6.07) is 5.39. The molecule has 0 spiro atoms. The Morgan fingerprint density at radius 3 is 2.80 bits per heavy atom. The van der Waals surface area contributed by atoms with E-state index in [4.69, 9.17) is 0 Å². The smallest absolute Gasteiger partial charge is 0.260 e. The molecule has 1 heterocycles. The lowest BCUT2D eigenvalue weighted by Gasteiger charge is -2.03. The Bertz CT molecular complexity index is 429. The van der Waals surface area contributed by atoms with Crippen LogP contribution in [0.25, 0.3) is 0 Å². The van der Waals surface area contributed by atoms with E-state index in [1.165, 1.54) is 0 Å². The summed E-state index contributed by atoms with van der Waals surface area (Å²) in [4.78, 5) is 23.8. The van der Waals surface area contributed by atoms with E-state index in [9.17, 15) is 9.59 Å². The van der Waals surface area contributed by atoms with Crippen molar-refractivity contribution in [1.82, 2.24) is 5.32 Å². The van der Waals surface area contributed by atoms with Crippen LogP contribution in [0.1, 0.15) is 34.1 Å². The van der Waals surface area contributed by atoms with Gasteiger partial charge < -0.3 is 0 Å². The summed E-state index contributed by atoms with van der Waals surface area (Å²) < 4.78 is 0. The summed E-state index contributed by atoms with van der Waals surface area (Å²) in [5, 5.41) is 2.31. The third-order valence-corrected chi connectivity index (χ3v) is 3.45. The number of rotatable bonds is 3. The van der Waals surface area contributed by atoms with E-state index in [1.807, 2.05) is 12.1 Å². The molecule has 0 radical (unpaired) electrons. The molecule has 3 nitrogen and oxygen atoms in total. The maximum absolute atomic E-state index is 11.5. The Kier molecular flexibility index (Phi) is 2.77. The SMILES string of the molecule is CCCSc1cccc2c1C(=O)NC2=O. The Labute approximate surface area is 92.2 Å². The maximum atomic E-state index is 11.5. The molecule has 0 bridgehead atoms. The van der Waals surface area contributed by atoms with Gasteiger partial charge in [-0.05, 0) is 24.3 Å². The number of thioether (sulfide) groups is 1. The molecule has 1 N–H and O–H groups in total. The molecule has 78 valence electrons. The lowest BCUT2D eigenvalue weighted by atomic mass is 10.1. The monoisotopic (exact) mass is 221 g/mol. The average Bonchev–Trinajstić information content (AvgIpc) is 2.53. The Hall–Kier alpha value is -1.29. The summed E-state index contributed by atoms with van der Waals surface area (Å²) in [6.07, 6.45) is 1.05. The van der Waals surface area contributed by atoms with Gasteiger partial charge in [0.15, 0.2) is 0 Å². The molecule has 0 aromatic heterocycles. The molecule has 0 saturated carbocycles. The minimum absolute atomic E-state index is 0.269. The number of nitrogens with one attached hydrogen (secondary N) is 1. The molecule has 0 aliphatic carbocycles.